The molecule has 2 amide bonds. The van der Waals surface area contributed by atoms with Crippen molar-refractivity contribution in [3.63, 3.8) is 0 Å². The van der Waals surface area contributed by atoms with Gasteiger partial charge in [0.25, 0.3) is 5.91 Å². The molecule has 0 saturated carbocycles. The second-order valence-electron chi connectivity index (χ2n) is 7.57. The molecule has 1 heterocycles. The minimum Gasteiger partial charge on any atom is -0.481 e. The number of nitrogens with one attached hydrogen (secondary N) is 1. The fourth-order valence-corrected chi connectivity index (χ4v) is 3.19. The van der Waals surface area contributed by atoms with Gasteiger partial charge in [-0.2, -0.15) is 0 Å². The first kappa shape index (κ1) is 25.6. The van der Waals surface area contributed by atoms with E-state index in [2.05, 4.69) is 10.5 Å². The van der Waals surface area contributed by atoms with Crippen LogP contribution in [0.1, 0.15) is 26.7 Å². The SMILES string of the molecule is CC(C)[C@@H](CN(C(=O)C(Cl)Cl)c1cccc(-c2ccno2)c1)NC(=O)[C@@H](N)CCC(=O)O. The Morgan fingerprint density at radius 1 is 1.25 bits per heavy atom. The standard InChI is InChI=1S/C21H26Cl2N4O5/c1-12(2)16(26-20(30)15(24)6-7-18(28)29)11-27(21(31)19(22)23)14-5-3-4-13(10-14)17-8-9-25-32-17/h3-5,8-10,12,15-16,19H,6-7,11,24H2,1-2H3,(H,26,30)(H,28,29)/t15-,16+/m0/s1. The van der Waals surface area contributed by atoms with Crippen molar-refractivity contribution in [2.45, 2.75) is 43.6 Å². The summed E-state index contributed by atoms with van der Waals surface area (Å²) in [4.78, 5) is 36.1. The minimum atomic E-state index is -1.31. The molecule has 1 aromatic heterocycles. The number of carboxylic acid groups (broad SMARTS) is 1. The maximum Gasteiger partial charge on any atom is 0.303 e. The van der Waals surface area contributed by atoms with E-state index in [-0.39, 0.29) is 25.3 Å². The van der Waals surface area contributed by atoms with Crippen molar-refractivity contribution in [3.05, 3.63) is 36.5 Å². The Balaban J connectivity index is 2.26. The number of nitrogens with zero attached hydrogens (tertiary/aromatic N) is 2. The molecule has 4 N–H and O–H groups in total. The summed E-state index contributed by atoms with van der Waals surface area (Å²) < 4.78 is 5.18. The minimum absolute atomic E-state index is 0.000706. The van der Waals surface area contributed by atoms with Crippen molar-refractivity contribution in [1.82, 2.24) is 10.5 Å². The van der Waals surface area contributed by atoms with Gasteiger partial charge in [-0.1, -0.05) is 54.3 Å². The summed E-state index contributed by atoms with van der Waals surface area (Å²) in [5.41, 5.74) is 7.02. The van der Waals surface area contributed by atoms with E-state index in [0.717, 1.165) is 0 Å². The van der Waals surface area contributed by atoms with Crippen molar-refractivity contribution in [2.24, 2.45) is 11.7 Å². The number of halogens is 2. The van der Waals surface area contributed by atoms with E-state index in [1.807, 2.05) is 13.8 Å². The number of aromatic nitrogens is 1. The summed E-state index contributed by atoms with van der Waals surface area (Å²) in [7, 11) is 0. The molecule has 2 aromatic rings. The molecule has 0 bridgehead atoms. The molecule has 0 radical (unpaired) electrons. The normalized spacial score (nSPS) is 13.1. The molecule has 1 aromatic carbocycles. The molecule has 0 aliphatic carbocycles. The molecule has 2 atom stereocenters. The quantitative estimate of drug-likeness (QED) is 0.416. The van der Waals surface area contributed by atoms with Gasteiger partial charge in [0.2, 0.25) is 5.91 Å². The molecule has 2 rings (SSSR count). The van der Waals surface area contributed by atoms with E-state index in [1.165, 1.54) is 11.1 Å². The largest absolute Gasteiger partial charge is 0.481 e. The third-order valence-electron chi connectivity index (χ3n) is 4.85. The van der Waals surface area contributed by atoms with Crippen LogP contribution in [-0.4, -0.2) is 51.5 Å². The Bertz CT molecular complexity index is 921. The summed E-state index contributed by atoms with van der Waals surface area (Å²) >= 11 is 11.8. The van der Waals surface area contributed by atoms with Crippen LogP contribution in [0.25, 0.3) is 11.3 Å². The Kier molecular flexibility index (Phi) is 9.49. The number of hydrogen-bond acceptors (Lipinski definition) is 6. The van der Waals surface area contributed by atoms with Gasteiger partial charge in [-0.05, 0) is 24.5 Å². The lowest BCUT2D eigenvalue weighted by Crippen LogP contribution is -2.53. The van der Waals surface area contributed by atoms with E-state index < -0.39 is 34.7 Å². The number of rotatable bonds is 11. The Morgan fingerprint density at radius 2 is 1.97 bits per heavy atom. The van der Waals surface area contributed by atoms with E-state index >= 15 is 0 Å². The second-order valence-corrected chi connectivity index (χ2v) is 8.67. The van der Waals surface area contributed by atoms with Crippen LogP contribution in [-0.2, 0) is 14.4 Å². The second kappa shape index (κ2) is 11.8. The lowest BCUT2D eigenvalue weighted by atomic mass is 10.0. The van der Waals surface area contributed by atoms with Crippen LogP contribution in [0.2, 0.25) is 0 Å². The predicted octanol–water partition coefficient (Wildman–Crippen LogP) is 2.81. The average Bonchev–Trinajstić information content (AvgIpc) is 3.29. The third-order valence-corrected chi connectivity index (χ3v) is 5.22. The van der Waals surface area contributed by atoms with Gasteiger partial charge in [0.15, 0.2) is 10.6 Å². The third kappa shape index (κ3) is 7.22. The number of carboxylic acids is 1. The molecule has 0 aliphatic heterocycles. The molecule has 0 aliphatic rings. The van der Waals surface area contributed by atoms with Crippen LogP contribution < -0.4 is 16.0 Å². The van der Waals surface area contributed by atoms with E-state index in [4.69, 9.17) is 38.6 Å². The van der Waals surface area contributed by atoms with Crippen LogP contribution in [0.3, 0.4) is 0 Å². The smallest absolute Gasteiger partial charge is 0.303 e. The van der Waals surface area contributed by atoms with Gasteiger partial charge in [-0.15, -0.1) is 0 Å². The Hall–Kier alpha value is -2.62. The van der Waals surface area contributed by atoms with Crippen molar-refractivity contribution in [2.75, 3.05) is 11.4 Å². The van der Waals surface area contributed by atoms with Crippen LogP contribution in [0, 0.1) is 5.92 Å². The highest BCUT2D eigenvalue weighted by molar-refractivity contribution is 6.54. The number of benzene rings is 1. The molecule has 11 heteroatoms. The number of anilines is 1. The van der Waals surface area contributed by atoms with Gasteiger partial charge in [0, 0.05) is 36.3 Å². The molecular formula is C21H26Cl2N4O5. The highest BCUT2D eigenvalue weighted by Gasteiger charge is 2.29. The Labute approximate surface area is 195 Å². The molecule has 0 spiro atoms. The van der Waals surface area contributed by atoms with Crippen LogP contribution in [0.5, 0.6) is 0 Å². The zero-order valence-corrected chi connectivity index (χ0v) is 19.2. The monoisotopic (exact) mass is 484 g/mol. The number of alkyl halides is 2. The number of carbonyl (C=O) groups excluding carboxylic acids is 2. The Morgan fingerprint density at radius 3 is 2.53 bits per heavy atom. The maximum absolute atomic E-state index is 12.8. The molecule has 9 nitrogen and oxygen atoms in total. The molecule has 32 heavy (non-hydrogen) atoms. The predicted molar refractivity (Wildman–Crippen MR) is 121 cm³/mol. The van der Waals surface area contributed by atoms with E-state index in [0.29, 0.717) is 17.0 Å². The molecule has 0 unspecified atom stereocenters. The summed E-state index contributed by atoms with van der Waals surface area (Å²) in [6.45, 7) is 3.82. The highest BCUT2D eigenvalue weighted by atomic mass is 35.5. The zero-order valence-electron chi connectivity index (χ0n) is 17.7. The van der Waals surface area contributed by atoms with E-state index in [1.54, 1.807) is 30.3 Å². The van der Waals surface area contributed by atoms with Crippen LogP contribution in [0.4, 0.5) is 5.69 Å². The number of carbonyl (C=O) groups is 3. The van der Waals surface area contributed by atoms with E-state index in [9.17, 15) is 14.4 Å². The van der Waals surface area contributed by atoms with Crippen molar-refractivity contribution in [1.29, 1.82) is 0 Å². The lowest BCUT2D eigenvalue weighted by Gasteiger charge is -2.31. The van der Waals surface area contributed by atoms with Gasteiger partial charge < -0.3 is 25.6 Å². The number of aliphatic carboxylic acids is 1. The average molecular weight is 485 g/mol. The number of hydrogen-bond donors (Lipinski definition) is 3. The molecule has 0 saturated heterocycles. The first-order valence-corrected chi connectivity index (χ1v) is 10.9. The molecule has 0 fully saturated rings. The van der Waals surface area contributed by atoms with Crippen LogP contribution in [0.15, 0.2) is 41.1 Å². The number of nitrogens with two attached hydrogens (primary N) is 1. The summed E-state index contributed by atoms with van der Waals surface area (Å²) in [5.74, 6) is -1.65. The first-order valence-electron chi connectivity index (χ1n) is 9.98. The van der Waals surface area contributed by atoms with Gasteiger partial charge >= 0.3 is 5.97 Å². The summed E-state index contributed by atoms with van der Waals surface area (Å²) in [5, 5.41) is 15.3. The zero-order chi connectivity index (χ0) is 23.8. The van der Waals surface area contributed by atoms with Gasteiger partial charge in [-0.3, -0.25) is 14.4 Å². The van der Waals surface area contributed by atoms with Crippen LogP contribution >= 0.6 is 23.2 Å². The summed E-state index contributed by atoms with van der Waals surface area (Å²) in [6.07, 6.45) is 1.29. The summed E-state index contributed by atoms with van der Waals surface area (Å²) in [6, 6.07) is 7.19. The van der Waals surface area contributed by atoms with Gasteiger partial charge in [-0.25, -0.2) is 0 Å². The molecule has 174 valence electrons. The van der Waals surface area contributed by atoms with Crippen molar-refractivity contribution < 1.29 is 24.0 Å². The van der Waals surface area contributed by atoms with Crippen molar-refractivity contribution in [3.8, 4) is 11.3 Å². The fraction of sp³-hybridized carbons (Fsp3) is 0.429. The lowest BCUT2D eigenvalue weighted by molar-refractivity contribution is -0.137. The number of amides is 2. The van der Waals surface area contributed by atoms with Gasteiger partial charge in [0.05, 0.1) is 12.2 Å². The fourth-order valence-electron chi connectivity index (χ4n) is 2.95. The first-order chi connectivity index (χ1) is 15.1. The van der Waals surface area contributed by atoms with Gasteiger partial charge in [0.1, 0.15) is 0 Å². The molecular weight excluding hydrogens is 459 g/mol. The topological polar surface area (TPSA) is 139 Å². The maximum atomic E-state index is 12.8. The van der Waals surface area contributed by atoms with Crippen molar-refractivity contribution >= 4 is 46.7 Å². The highest BCUT2D eigenvalue weighted by Crippen LogP contribution is 2.26.